The quantitative estimate of drug-likeness (QED) is 0.938. The molecule has 0 aromatic heterocycles. The van der Waals surface area contributed by atoms with Crippen LogP contribution in [0.15, 0.2) is 77.8 Å². The maximum atomic E-state index is 12.1. The molecule has 116 valence electrons. The van der Waals surface area contributed by atoms with Gasteiger partial charge < -0.3 is 10.5 Å². The number of carbonyl (C=O) groups excluding carboxylic acids is 1. The van der Waals surface area contributed by atoms with Crippen molar-refractivity contribution in [1.29, 1.82) is 0 Å². The van der Waals surface area contributed by atoms with E-state index in [0.717, 1.165) is 11.1 Å². The summed E-state index contributed by atoms with van der Waals surface area (Å²) >= 11 is 0. The number of primary amides is 1. The first kappa shape index (κ1) is 15.1. The minimum Gasteiger partial charge on any atom is -0.465 e. The van der Waals surface area contributed by atoms with Gasteiger partial charge >= 0.3 is 0 Å². The zero-order valence-electron chi connectivity index (χ0n) is 13.2. The van der Waals surface area contributed by atoms with E-state index < -0.39 is 11.3 Å². The molecule has 1 aliphatic rings. The SMILES string of the molecule is CC1=C(C(N)=O)C(C)(c2ccccc2)/C(=C/c2ccccc2)O1. The van der Waals surface area contributed by atoms with Crippen molar-refractivity contribution in [3.8, 4) is 0 Å². The van der Waals surface area contributed by atoms with Crippen LogP contribution in [0.1, 0.15) is 25.0 Å². The highest BCUT2D eigenvalue weighted by molar-refractivity contribution is 5.97. The Morgan fingerprint density at radius 1 is 1.04 bits per heavy atom. The Hall–Kier alpha value is -2.81. The highest BCUT2D eigenvalue weighted by Gasteiger charge is 2.46. The molecule has 0 saturated heterocycles. The van der Waals surface area contributed by atoms with Crippen LogP contribution in [0, 0.1) is 0 Å². The number of carbonyl (C=O) groups is 1. The summed E-state index contributed by atoms with van der Waals surface area (Å²) in [5, 5.41) is 0. The molecule has 1 unspecified atom stereocenters. The second kappa shape index (κ2) is 5.76. The first-order valence-corrected chi connectivity index (χ1v) is 7.55. The summed E-state index contributed by atoms with van der Waals surface area (Å²) in [6, 6.07) is 19.7. The first-order valence-electron chi connectivity index (χ1n) is 7.55. The van der Waals surface area contributed by atoms with Gasteiger partial charge in [0, 0.05) is 0 Å². The molecular weight excluding hydrogens is 286 g/mol. The average Bonchev–Trinajstić information content (AvgIpc) is 2.81. The second-order valence-corrected chi connectivity index (χ2v) is 5.81. The summed E-state index contributed by atoms with van der Waals surface area (Å²) in [7, 11) is 0. The summed E-state index contributed by atoms with van der Waals surface area (Å²) in [6.45, 7) is 3.76. The van der Waals surface area contributed by atoms with Gasteiger partial charge in [0.25, 0.3) is 0 Å². The number of ether oxygens (including phenoxy) is 1. The van der Waals surface area contributed by atoms with Crippen LogP contribution in [-0.4, -0.2) is 5.91 Å². The van der Waals surface area contributed by atoms with Crippen molar-refractivity contribution in [3.63, 3.8) is 0 Å². The molecule has 1 aliphatic heterocycles. The Kier molecular flexibility index (Phi) is 3.78. The number of nitrogens with two attached hydrogens (primary N) is 1. The molecule has 3 heteroatoms. The molecule has 1 atom stereocenters. The van der Waals surface area contributed by atoms with E-state index in [1.807, 2.05) is 73.7 Å². The fraction of sp³-hybridized carbons (Fsp3) is 0.150. The average molecular weight is 305 g/mol. The van der Waals surface area contributed by atoms with Crippen LogP contribution in [0.2, 0.25) is 0 Å². The number of hydrogen-bond acceptors (Lipinski definition) is 2. The molecule has 3 rings (SSSR count). The Bertz CT molecular complexity index is 791. The molecule has 0 aliphatic carbocycles. The normalized spacial score (nSPS) is 22.3. The smallest absolute Gasteiger partial charge is 0.249 e. The maximum absolute atomic E-state index is 12.1. The Morgan fingerprint density at radius 3 is 2.17 bits per heavy atom. The Morgan fingerprint density at radius 2 is 1.61 bits per heavy atom. The lowest BCUT2D eigenvalue weighted by Crippen LogP contribution is -2.32. The van der Waals surface area contributed by atoms with Crippen LogP contribution < -0.4 is 5.73 Å². The van der Waals surface area contributed by atoms with Crippen LogP contribution in [0.5, 0.6) is 0 Å². The molecule has 0 spiro atoms. The minimum absolute atomic E-state index is 0.453. The zero-order chi connectivity index (χ0) is 16.4. The molecule has 0 fully saturated rings. The van der Waals surface area contributed by atoms with Crippen LogP contribution in [0.25, 0.3) is 6.08 Å². The molecule has 1 heterocycles. The van der Waals surface area contributed by atoms with Crippen molar-refractivity contribution < 1.29 is 9.53 Å². The monoisotopic (exact) mass is 305 g/mol. The van der Waals surface area contributed by atoms with E-state index in [9.17, 15) is 4.79 Å². The van der Waals surface area contributed by atoms with Gasteiger partial charge in [0.2, 0.25) is 5.91 Å². The Labute approximate surface area is 136 Å². The van der Waals surface area contributed by atoms with Crippen molar-refractivity contribution in [2.45, 2.75) is 19.3 Å². The van der Waals surface area contributed by atoms with Gasteiger partial charge in [0.05, 0.1) is 11.0 Å². The van der Waals surface area contributed by atoms with Gasteiger partial charge in [-0.1, -0.05) is 60.7 Å². The van der Waals surface area contributed by atoms with Gasteiger partial charge in [0.1, 0.15) is 11.5 Å². The number of amides is 1. The van der Waals surface area contributed by atoms with Crippen LogP contribution in [0.4, 0.5) is 0 Å². The molecule has 23 heavy (non-hydrogen) atoms. The van der Waals surface area contributed by atoms with Crippen molar-refractivity contribution >= 4 is 12.0 Å². The van der Waals surface area contributed by atoms with Gasteiger partial charge in [-0.2, -0.15) is 0 Å². The van der Waals surface area contributed by atoms with Crippen LogP contribution in [-0.2, 0) is 14.9 Å². The molecule has 2 aromatic rings. The van der Waals surface area contributed by atoms with E-state index in [-0.39, 0.29) is 0 Å². The van der Waals surface area contributed by atoms with E-state index in [4.69, 9.17) is 10.5 Å². The first-order chi connectivity index (χ1) is 11.0. The van der Waals surface area contributed by atoms with Crippen molar-refractivity contribution in [2.75, 3.05) is 0 Å². The number of rotatable bonds is 3. The lowest BCUT2D eigenvalue weighted by molar-refractivity contribution is -0.115. The fourth-order valence-corrected chi connectivity index (χ4v) is 3.15. The molecule has 0 radical (unpaired) electrons. The number of benzene rings is 2. The molecule has 3 nitrogen and oxygen atoms in total. The number of hydrogen-bond donors (Lipinski definition) is 1. The topological polar surface area (TPSA) is 52.3 Å². The van der Waals surface area contributed by atoms with Crippen molar-refractivity contribution in [2.24, 2.45) is 5.73 Å². The summed E-state index contributed by atoms with van der Waals surface area (Å²) in [5.41, 5.74) is 7.47. The predicted octanol–water partition coefficient (Wildman–Crippen LogP) is 3.77. The highest BCUT2D eigenvalue weighted by atomic mass is 16.5. The van der Waals surface area contributed by atoms with Crippen molar-refractivity contribution in [1.82, 2.24) is 0 Å². The molecule has 1 amide bonds. The van der Waals surface area contributed by atoms with Gasteiger partial charge in [-0.15, -0.1) is 0 Å². The summed E-state index contributed by atoms with van der Waals surface area (Å²) in [6.07, 6.45) is 1.96. The van der Waals surface area contributed by atoms with Crippen molar-refractivity contribution in [3.05, 3.63) is 88.9 Å². The Balaban J connectivity index is 2.19. The third-order valence-corrected chi connectivity index (χ3v) is 4.30. The van der Waals surface area contributed by atoms with Crippen LogP contribution >= 0.6 is 0 Å². The molecule has 0 saturated carbocycles. The number of allylic oxidation sites excluding steroid dienone is 2. The molecular formula is C20H19NO2. The molecule has 2 aromatic carbocycles. The third kappa shape index (κ3) is 2.55. The highest BCUT2D eigenvalue weighted by Crippen LogP contribution is 2.47. The largest absolute Gasteiger partial charge is 0.465 e. The molecule has 2 N–H and O–H groups in total. The van der Waals surface area contributed by atoms with Crippen LogP contribution in [0.3, 0.4) is 0 Å². The molecule has 0 bridgehead atoms. The van der Waals surface area contributed by atoms with E-state index in [0.29, 0.717) is 17.1 Å². The maximum Gasteiger partial charge on any atom is 0.249 e. The summed E-state index contributed by atoms with van der Waals surface area (Å²) in [4.78, 5) is 12.1. The third-order valence-electron chi connectivity index (χ3n) is 4.30. The van der Waals surface area contributed by atoms with E-state index >= 15 is 0 Å². The lowest BCUT2D eigenvalue weighted by atomic mass is 9.74. The van der Waals surface area contributed by atoms with Gasteiger partial charge in [-0.25, -0.2) is 0 Å². The minimum atomic E-state index is -0.687. The zero-order valence-corrected chi connectivity index (χ0v) is 13.2. The van der Waals surface area contributed by atoms with Gasteiger partial charge in [0.15, 0.2) is 0 Å². The van der Waals surface area contributed by atoms with E-state index in [1.54, 1.807) is 6.92 Å². The second-order valence-electron chi connectivity index (χ2n) is 5.81. The summed E-state index contributed by atoms with van der Waals surface area (Å²) < 4.78 is 5.95. The predicted molar refractivity (Wildman–Crippen MR) is 91.2 cm³/mol. The standard InChI is InChI=1S/C20H19NO2/c1-14-18(19(21)22)20(2,16-11-7-4-8-12-16)17(23-14)13-15-9-5-3-6-10-15/h3-13H,1-2H3,(H2,21,22)/b17-13-. The fourth-order valence-electron chi connectivity index (χ4n) is 3.15. The van der Waals surface area contributed by atoms with E-state index in [1.165, 1.54) is 0 Å². The van der Waals surface area contributed by atoms with Gasteiger partial charge in [-0.3, -0.25) is 4.79 Å². The summed E-state index contributed by atoms with van der Waals surface area (Å²) in [5.74, 6) is 0.817. The lowest BCUT2D eigenvalue weighted by Gasteiger charge is -2.26. The van der Waals surface area contributed by atoms with E-state index in [2.05, 4.69) is 0 Å². The van der Waals surface area contributed by atoms with Gasteiger partial charge in [-0.05, 0) is 31.1 Å².